The smallest absolute Gasteiger partial charge is 1.00 e. The molecule has 4 heteroatoms. The molecular formula is H3KLiNaO. The molecule has 0 aromatic heterocycles. The Balaban J connectivity index is 0. The van der Waals surface area contributed by atoms with Crippen molar-refractivity contribution >= 4 is 0 Å². The number of hydrogen-bond donors (Lipinski definition) is 0. The van der Waals surface area contributed by atoms with Gasteiger partial charge in [0.05, 0.1) is 0 Å². The SMILES string of the molecule is [H-].[H-].[K+].[Li+].[Na+].[OH-]. The first kappa shape index (κ1) is 27.1. The molecule has 0 spiro atoms. The summed E-state index contributed by atoms with van der Waals surface area (Å²) in [4.78, 5) is 0. The average molecular weight is 88.1 g/mol. The van der Waals surface area contributed by atoms with Gasteiger partial charge in [-0.1, -0.05) is 0 Å². The zero-order valence-electron chi connectivity index (χ0n) is 5.45. The molecule has 0 atom stereocenters. The van der Waals surface area contributed by atoms with E-state index in [4.69, 9.17) is 0 Å². The van der Waals surface area contributed by atoms with Gasteiger partial charge in [-0.25, -0.2) is 0 Å². The third-order valence-electron chi connectivity index (χ3n) is 0. The van der Waals surface area contributed by atoms with Gasteiger partial charge in [0.15, 0.2) is 0 Å². The third kappa shape index (κ3) is 8.96. The molecule has 0 aromatic carbocycles. The van der Waals surface area contributed by atoms with Crippen LogP contribution in [0.2, 0.25) is 0 Å². The molecule has 0 aliphatic heterocycles. The summed E-state index contributed by atoms with van der Waals surface area (Å²) in [6, 6.07) is 0. The van der Waals surface area contributed by atoms with Gasteiger partial charge in [0, 0.05) is 0 Å². The minimum Gasteiger partial charge on any atom is -1.00 e. The molecule has 0 fully saturated rings. The molecule has 0 saturated heterocycles. The Kier molecular flexibility index (Phi) is 111. The summed E-state index contributed by atoms with van der Waals surface area (Å²) in [5.74, 6) is 0. The molecule has 0 aliphatic rings. The Morgan fingerprint density at radius 3 is 1.25 bits per heavy atom. The van der Waals surface area contributed by atoms with Crippen LogP contribution in [-0.4, -0.2) is 5.48 Å². The fraction of sp³-hybridized carbons (Fsp3) is 0. The molecule has 1 nitrogen and oxygen atoms in total. The van der Waals surface area contributed by atoms with Gasteiger partial charge in [-0.2, -0.15) is 0 Å². The minimum atomic E-state index is 0. The first-order valence-electron chi connectivity index (χ1n) is 0. The maximum atomic E-state index is 0. The minimum absolute atomic E-state index is 0. The molecule has 0 unspecified atom stereocenters. The molecule has 4 heavy (non-hydrogen) atoms. The van der Waals surface area contributed by atoms with E-state index in [2.05, 4.69) is 0 Å². The van der Waals surface area contributed by atoms with E-state index in [0.717, 1.165) is 0 Å². The second-order valence-electron chi connectivity index (χ2n) is 0. The van der Waals surface area contributed by atoms with Crippen LogP contribution in [0, 0.1) is 0 Å². The van der Waals surface area contributed by atoms with E-state index in [1.807, 2.05) is 0 Å². The van der Waals surface area contributed by atoms with E-state index >= 15 is 0 Å². The van der Waals surface area contributed by atoms with E-state index in [9.17, 15) is 0 Å². The van der Waals surface area contributed by atoms with E-state index in [0.29, 0.717) is 0 Å². The van der Waals surface area contributed by atoms with Crippen LogP contribution in [0.1, 0.15) is 2.85 Å². The number of rotatable bonds is 0. The van der Waals surface area contributed by atoms with Crippen molar-refractivity contribution in [3.63, 3.8) is 0 Å². The van der Waals surface area contributed by atoms with Gasteiger partial charge in [-0.3, -0.25) is 0 Å². The maximum absolute atomic E-state index is 0. The number of hydrogen-bond acceptors (Lipinski definition) is 1. The van der Waals surface area contributed by atoms with E-state index in [-0.39, 0.29) is 108 Å². The van der Waals surface area contributed by atoms with Gasteiger partial charge in [0.1, 0.15) is 0 Å². The van der Waals surface area contributed by atoms with Crippen molar-refractivity contribution in [3.05, 3.63) is 0 Å². The van der Waals surface area contributed by atoms with Crippen LogP contribution in [0.15, 0.2) is 0 Å². The second kappa shape index (κ2) is 16.4. The van der Waals surface area contributed by atoms with Crippen LogP contribution < -0.4 is 99.8 Å². The maximum Gasteiger partial charge on any atom is 1.00 e. The van der Waals surface area contributed by atoms with Crippen LogP contribution in [0.4, 0.5) is 0 Å². The van der Waals surface area contributed by atoms with Crippen molar-refractivity contribution in [3.8, 4) is 0 Å². The zero-order chi connectivity index (χ0) is 0. The van der Waals surface area contributed by atoms with Crippen molar-refractivity contribution < 1.29 is 108 Å². The largest absolute Gasteiger partial charge is 1.00 e. The first-order chi connectivity index (χ1) is 0. The van der Waals surface area contributed by atoms with Gasteiger partial charge < -0.3 is 8.33 Å². The summed E-state index contributed by atoms with van der Waals surface area (Å²) in [5, 5.41) is 0. The standard InChI is InChI=1S/K.Li.Na.H2O.2H/h;;;1H2;;/q3*+1;;2*-1/p-1. The predicted octanol–water partition coefficient (Wildman–Crippen LogP) is -8.94. The van der Waals surface area contributed by atoms with Gasteiger partial charge in [-0.05, 0) is 0 Å². The van der Waals surface area contributed by atoms with Crippen LogP contribution in [0.5, 0.6) is 0 Å². The van der Waals surface area contributed by atoms with E-state index in [1.165, 1.54) is 0 Å². The Hall–Kier alpha value is 3.19. The van der Waals surface area contributed by atoms with E-state index in [1.54, 1.807) is 0 Å². The summed E-state index contributed by atoms with van der Waals surface area (Å²) >= 11 is 0. The molecule has 0 rings (SSSR count). The van der Waals surface area contributed by atoms with Crippen molar-refractivity contribution in [2.24, 2.45) is 0 Å². The molecule has 0 heterocycles. The van der Waals surface area contributed by atoms with Crippen molar-refractivity contribution in [2.75, 3.05) is 0 Å². The van der Waals surface area contributed by atoms with Gasteiger partial charge in [0.25, 0.3) is 0 Å². The normalized spacial score (nSPS) is 0. The fourth-order valence-electron chi connectivity index (χ4n) is 0. The van der Waals surface area contributed by atoms with Crippen molar-refractivity contribution in [1.29, 1.82) is 0 Å². The fourth-order valence-corrected chi connectivity index (χ4v) is 0. The summed E-state index contributed by atoms with van der Waals surface area (Å²) in [5.41, 5.74) is 0. The predicted molar refractivity (Wildman–Crippen MR) is 4.16 cm³/mol. The monoisotopic (exact) mass is 88.0 g/mol. The van der Waals surface area contributed by atoms with E-state index < -0.39 is 0 Å². The Morgan fingerprint density at radius 1 is 1.25 bits per heavy atom. The molecule has 0 saturated carbocycles. The van der Waals surface area contributed by atoms with Crippen molar-refractivity contribution in [1.82, 2.24) is 0 Å². The molecule has 0 aliphatic carbocycles. The van der Waals surface area contributed by atoms with Crippen LogP contribution in [-0.2, 0) is 0 Å². The summed E-state index contributed by atoms with van der Waals surface area (Å²) in [6.45, 7) is 0. The quantitative estimate of drug-likeness (QED) is 0.270. The topological polar surface area (TPSA) is 30.0 Å². The summed E-state index contributed by atoms with van der Waals surface area (Å²) in [6.07, 6.45) is 0. The van der Waals surface area contributed by atoms with Crippen LogP contribution in [0.25, 0.3) is 0 Å². The molecular weight excluding hydrogens is 85.0 g/mol. The first-order valence-corrected chi connectivity index (χ1v) is 0. The molecule has 1 N–H and O–H groups in total. The Bertz CT molecular complexity index is 13.5. The third-order valence-corrected chi connectivity index (χ3v) is 0. The zero-order valence-corrected chi connectivity index (χ0v) is 8.57. The molecule has 0 radical (unpaired) electrons. The van der Waals surface area contributed by atoms with Gasteiger partial charge >= 0.3 is 99.8 Å². The molecule has 0 amide bonds. The molecule has 0 aromatic rings. The van der Waals surface area contributed by atoms with Gasteiger partial charge in [-0.15, -0.1) is 0 Å². The van der Waals surface area contributed by atoms with Crippen LogP contribution in [0.3, 0.4) is 0 Å². The summed E-state index contributed by atoms with van der Waals surface area (Å²) in [7, 11) is 0. The molecule has 12 valence electrons. The second-order valence-corrected chi connectivity index (χ2v) is 0. The summed E-state index contributed by atoms with van der Waals surface area (Å²) < 4.78 is 0. The Labute approximate surface area is 105 Å². The average Bonchev–Trinajstić information content (AvgIpc) is 0. The van der Waals surface area contributed by atoms with Crippen LogP contribution >= 0.6 is 0 Å². The molecule has 0 bridgehead atoms. The van der Waals surface area contributed by atoms with Crippen molar-refractivity contribution in [2.45, 2.75) is 0 Å². The Morgan fingerprint density at radius 2 is 1.25 bits per heavy atom. The van der Waals surface area contributed by atoms with Gasteiger partial charge in [0.2, 0.25) is 0 Å².